The standard InChI is InChI=1S/C17H21N3O2S/c1-3-7-13-10-14(23-11(13)2)17(22)20-19-15(16(18)21)12-8-5-4-6-9-12/h4-6,8-10,15,19H,3,7H2,1-2H3,(H2,18,21)(H,20,22)/t15-/m1/s1. The van der Waals surface area contributed by atoms with Crippen molar-refractivity contribution in [2.24, 2.45) is 5.73 Å². The van der Waals surface area contributed by atoms with Crippen LogP contribution in [0.15, 0.2) is 36.4 Å². The molecule has 0 fully saturated rings. The lowest BCUT2D eigenvalue weighted by Gasteiger charge is -2.16. The van der Waals surface area contributed by atoms with E-state index in [2.05, 4.69) is 17.8 Å². The number of hydrazine groups is 1. The summed E-state index contributed by atoms with van der Waals surface area (Å²) in [5.41, 5.74) is 12.6. The molecule has 122 valence electrons. The molecule has 1 aromatic carbocycles. The second kappa shape index (κ2) is 7.89. The van der Waals surface area contributed by atoms with Crippen LogP contribution in [0, 0.1) is 6.92 Å². The summed E-state index contributed by atoms with van der Waals surface area (Å²) in [6.45, 7) is 4.12. The molecule has 2 amide bonds. The summed E-state index contributed by atoms with van der Waals surface area (Å²) in [5, 5.41) is 0. The maximum Gasteiger partial charge on any atom is 0.275 e. The van der Waals surface area contributed by atoms with Gasteiger partial charge >= 0.3 is 0 Å². The molecular weight excluding hydrogens is 310 g/mol. The van der Waals surface area contributed by atoms with Crippen LogP contribution >= 0.6 is 11.3 Å². The van der Waals surface area contributed by atoms with Crippen LogP contribution in [-0.2, 0) is 11.2 Å². The Morgan fingerprint density at radius 3 is 2.57 bits per heavy atom. The topological polar surface area (TPSA) is 84.2 Å². The molecule has 5 nitrogen and oxygen atoms in total. The van der Waals surface area contributed by atoms with Gasteiger partial charge in [-0.05, 0) is 30.5 Å². The number of carbonyl (C=O) groups excluding carboxylic acids is 2. The number of hydrogen-bond acceptors (Lipinski definition) is 4. The van der Waals surface area contributed by atoms with Gasteiger partial charge in [-0.1, -0.05) is 43.7 Å². The van der Waals surface area contributed by atoms with Crippen molar-refractivity contribution in [1.82, 2.24) is 10.9 Å². The highest BCUT2D eigenvalue weighted by atomic mass is 32.1. The third-order valence-electron chi connectivity index (χ3n) is 3.51. The van der Waals surface area contributed by atoms with Gasteiger partial charge < -0.3 is 5.73 Å². The van der Waals surface area contributed by atoms with E-state index in [9.17, 15) is 9.59 Å². The average Bonchev–Trinajstić information content (AvgIpc) is 2.90. The number of rotatable bonds is 7. The van der Waals surface area contributed by atoms with Crippen LogP contribution in [-0.4, -0.2) is 11.8 Å². The lowest BCUT2D eigenvalue weighted by molar-refractivity contribution is -0.120. The van der Waals surface area contributed by atoms with E-state index < -0.39 is 11.9 Å². The molecule has 0 saturated carbocycles. The van der Waals surface area contributed by atoms with Crippen LogP contribution < -0.4 is 16.6 Å². The Bertz CT molecular complexity index is 682. The van der Waals surface area contributed by atoms with Crippen molar-refractivity contribution in [3.8, 4) is 0 Å². The third-order valence-corrected chi connectivity index (χ3v) is 4.60. The molecule has 1 atom stereocenters. The summed E-state index contributed by atoms with van der Waals surface area (Å²) >= 11 is 1.45. The molecule has 1 heterocycles. The van der Waals surface area contributed by atoms with Crippen LogP contribution in [0.2, 0.25) is 0 Å². The minimum atomic E-state index is -0.767. The van der Waals surface area contributed by atoms with E-state index in [1.165, 1.54) is 16.9 Å². The zero-order valence-corrected chi connectivity index (χ0v) is 14.1. The quantitative estimate of drug-likeness (QED) is 0.682. The average molecular weight is 331 g/mol. The number of carbonyl (C=O) groups is 2. The van der Waals surface area contributed by atoms with Gasteiger partial charge in [0.05, 0.1) is 4.88 Å². The first-order valence-electron chi connectivity index (χ1n) is 7.52. The number of benzene rings is 1. The Kier molecular flexibility index (Phi) is 5.90. The summed E-state index contributed by atoms with van der Waals surface area (Å²) < 4.78 is 0. The molecule has 6 heteroatoms. The fourth-order valence-corrected chi connectivity index (χ4v) is 3.28. The number of nitrogens with one attached hydrogen (secondary N) is 2. The molecule has 23 heavy (non-hydrogen) atoms. The Labute approximate surface area is 139 Å². The molecule has 2 rings (SSSR count). The van der Waals surface area contributed by atoms with Crippen molar-refractivity contribution in [3.05, 3.63) is 57.3 Å². The number of nitrogens with two attached hydrogens (primary N) is 1. The summed E-state index contributed by atoms with van der Waals surface area (Å²) in [5.74, 6) is -0.812. The van der Waals surface area contributed by atoms with E-state index in [1.54, 1.807) is 12.1 Å². The van der Waals surface area contributed by atoms with Gasteiger partial charge in [-0.15, -0.1) is 11.3 Å². The summed E-state index contributed by atoms with van der Waals surface area (Å²) in [7, 11) is 0. The molecule has 0 aliphatic rings. The Hall–Kier alpha value is -2.18. The van der Waals surface area contributed by atoms with E-state index in [0.717, 1.165) is 17.7 Å². The third kappa shape index (κ3) is 4.40. The maximum atomic E-state index is 12.3. The van der Waals surface area contributed by atoms with Gasteiger partial charge in [-0.3, -0.25) is 15.0 Å². The molecule has 0 unspecified atom stereocenters. The maximum absolute atomic E-state index is 12.3. The second-order valence-electron chi connectivity index (χ2n) is 5.29. The van der Waals surface area contributed by atoms with Gasteiger partial charge in [-0.2, -0.15) is 0 Å². The fourth-order valence-electron chi connectivity index (χ4n) is 2.31. The zero-order chi connectivity index (χ0) is 16.8. The minimum Gasteiger partial charge on any atom is -0.368 e. The van der Waals surface area contributed by atoms with Crippen LogP contribution in [0.4, 0.5) is 0 Å². The lowest BCUT2D eigenvalue weighted by Crippen LogP contribution is -2.44. The normalized spacial score (nSPS) is 11.9. The first kappa shape index (κ1) is 17.2. The van der Waals surface area contributed by atoms with Crippen LogP contribution in [0.3, 0.4) is 0 Å². The van der Waals surface area contributed by atoms with E-state index in [0.29, 0.717) is 10.4 Å². The monoisotopic (exact) mass is 331 g/mol. The van der Waals surface area contributed by atoms with Crippen LogP contribution in [0.1, 0.15) is 45.1 Å². The highest BCUT2D eigenvalue weighted by Gasteiger charge is 2.19. The number of amides is 2. The largest absolute Gasteiger partial charge is 0.368 e. The van der Waals surface area contributed by atoms with Gasteiger partial charge in [0.15, 0.2) is 0 Å². The van der Waals surface area contributed by atoms with E-state index in [4.69, 9.17) is 5.73 Å². The van der Waals surface area contributed by atoms with Crippen molar-refractivity contribution in [2.75, 3.05) is 0 Å². The number of thiophene rings is 1. The number of primary amides is 1. The lowest BCUT2D eigenvalue weighted by atomic mass is 10.1. The van der Waals surface area contributed by atoms with E-state index in [-0.39, 0.29) is 5.91 Å². The van der Waals surface area contributed by atoms with Crippen molar-refractivity contribution in [1.29, 1.82) is 0 Å². The molecule has 0 aliphatic carbocycles. The Morgan fingerprint density at radius 2 is 1.96 bits per heavy atom. The summed E-state index contributed by atoms with van der Waals surface area (Å²) in [6, 6.07) is 10.2. The van der Waals surface area contributed by atoms with Crippen molar-refractivity contribution >= 4 is 23.2 Å². The molecule has 0 aliphatic heterocycles. The van der Waals surface area contributed by atoms with Crippen LogP contribution in [0.5, 0.6) is 0 Å². The highest BCUT2D eigenvalue weighted by molar-refractivity contribution is 7.14. The smallest absolute Gasteiger partial charge is 0.275 e. The molecule has 0 spiro atoms. The van der Waals surface area contributed by atoms with Crippen molar-refractivity contribution < 1.29 is 9.59 Å². The zero-order valence-electron chi connectivity index (χ0n) is 13.3. The van der Waals surface area contributed by atoms with Gasteiger partial charge in [0, 0.05) is 4.88 Å². The number of hydrogen-bond donors (Lipinski definition) is 3. The predicted octanol–water partition coefficient (Wildman–Crippen LogP) is 2.47. The Morgan fingerprint density at radius 1 is 1.26 bits per heavy atom. The van der Waals surface area contributed by atoms with E-state index in [1.807, 2.05) is 31.2 Å². The predicted molar refractivity (Wildman–Crippen MR) is 92.0 cm³/mol. The molecule has 4 N–H and O–H groups in total. The Balaban J connectivity index is 2.05. The molecule has 0 radical (unpaired) electrons. The van der Waals surface area contributed by atoms with Crippen molar-refractivity contribution in [3.63, 3.8) is 0 Å². The van der Waals surface area contributed by atoms with Crippen molar-refractivity contribution in [2.45, 2.75) is 32.7 Å². The molecule has 0 bridgehead atoms. The summed E-state index contributed by atoms with van der Waals surface area (Å²) in [4.78, 5) is 25.6. The highest BCUT2D eigenvalue weighted by Crippen LogP contribution is 2.22. The van der Waals surface area contributed by atoms with Gasteiger partial charge in [0.25, 0.3) is 5.91 Å². The van der Waals surface area contributed by atoms with Gasteiger partial charge in [0.2, 0.25) is 5.91 Å². The second-order valence-corrected chi connectivity index (χ2v) is 6.54. The van der Waals surface area contributed by atoms with E-state index >= 15 is 0 Å². The molecule has 1 aromatic heterocycles. The molecule has 2 aromatic rings. The fraction of sp³-hybridized carbons (Fsp3) is 0.294. The van der Waals surface area contributed by atoms with Gasteiger partial charge in [-0.25, -0.2) is 5.43 Å². The molecule has 0 saturated heterocycles. The minimum absolute atomic E-state index is 0.261. The first-order chi connectivity index (χ1) is 11.0. The first-order valence-corrected chi connectivity index (χ1v) is 8.34. The summed E-state index contributed by atoms with van der Waals surface area (Å²) in [6.07, 6.45) is 1.99. The number of aryl methyl sites for hydroxylation is 2. The van der Waals surface area contributed by atoms with Crippen LogP contribution in [0.25, 0.3) is 0 Å². The SMILES string of the molecule is CCCc1cc(C(=O)NN[C@@H](C(N)=O)c2ccccc2)sc1C. The van der Waals surface area contributed by atoms with Gasteiger partial charge in [0.1, 0.15) is 6.04 Å². The molecular formula is C17H21N3O2S.